The van der Waals surface area contributed by atoms with Gasteiger partial charge in [-0.1, -0.05) is 0 Å². The fourth-order valence-electron chi connectivity index (χ4n) is 2.33. The molecule has 0 spiro atoms. The summed E-state index contributed by atoms with van der Waals surface area (Å²) in [6.07, 6.45) is 1.02. The van der Waals surface area contributed by atoms with Crippen LogP contribution >= 0.6 is 24.2 Å². The molecule has 0 unspecified atom stereocenters. The van der Waals surface area contributed by atoms with Crippen molar-refractivity contribution in [2.75, 3.05) is 31.9 Å². The van der Waals surface area contributed by atoms with Crippen molar-refractivity contribution >= 4 is 30.1 Å². The summed E-state index contributed by atoms with van der Waals surface area (Å²) in [6, 6.07) is 0. The average molecular weight is 265 g/mol. The van der Waals surface area contributed by atoms with Crippen LogP contribution in [0.5, 0.6) is 0 Å². The van der Waals surface area contributed by atoms with Crippen molar-refractivity contribution in [3.8, 4) is 0 Å². The van der Waals surface area contributed by atoms with E-state index < -0.39 is 0 Å². The Hall–Kier alpha value is 0.0700. The molecule has 0 aromatic carbocycles. The third kappa shape index (κ3) is 3.28. The van der Waals surface area contributed by atoms with Crippen LogP contribution in [0.3, 0.4) is 0 Å². The highest BCUT2D eigenvalue weighted by Crippen LogP contribution is 2.30. The van der Waals surface area contributed by atoms with Gasteiger partial charge in [0.05, 0.1) is 5.92 Å². The number of amides is 1. The minimum absolute atomic E-state index is 0. The molecular weight excluding hydrogens is 244 g/mol. The number of hydrogen-bond acceptors (Lipinski definition) is 3. The third-order valence-electron chi connectivity index (χ3n) is 3.15. The van der Waals surface area contributed by atoms with Crippen LogP contribution < -0.4 is 5.32 Å². The van der Waals surface area contributed by atoms with Gasteiger partial charge in [0.15, 0.2) is 0 Å². The molecule has 0 bridgehead atoms. The summed E-state index contributed by atoms with van der Waals surface area (Å²) in [6.45, 7) is 8.18. The molecule has 1 N–H and O–H groups in total. The van der Waals surface area contributed by atoms with Crippen molar-refractivity contribution < 1.29 is 4.79 Å². The van der Waals surface area contributed by atoms with Gasteiger partial charge in [0, 0.05) is 30.1 Å². The zero-order valence-corrected chi connectivity index (χ0v) is 11.6. The number of hydrogen-bond donors (Lipinski definition) is 1. The molecule has 2 heterocycles. The Labute approximate surface area is 108 Å². The van der Waals surface area contributed by atoms with E-state index in [2.05, 4.69) is 24.1 Å². The molecule has 0 radical (unpaired) electrons. The molecule has 2 fully saturated rings. The minimum Gasteiger partial charge on any atom is -0.340 e. The van der Waals surface area contributed by atoms with E-state index in [1.165, 1.54) is 0 Å². The Kier molecular flexibility index (Phi) is 4.95. The molecule has 1 amide bonds. The smallest absolute Gasteiger partial charge is 0.227 e. The summed E-state index contributed by atoms with van der Waals surface area (Å²) in [5.74, 6) is 1.69. The summed E-state index contributed by atoms with van der Waals surface area (Å²) < 4.78 is 0.236. The van der Waals surface area contributed by atoms with Gasteiger partial charge >= 0.3 is 0 Å². The van der Waals surface area contributed by atoms with Crippen LogP contribution in [0.4, 0.5) is 0 Å². The first-order chi connectivity index (χ1) is 7.08. The lowest BCUT2D eigenvalue weighted by atomic mass is 10.1. The first kappa shape index (κ1) is 14.1. The number of thioether (sulfide) groups is 1. The minimum atomic E-state index is 0. The second-order valence-corrected chi connectivity index (χ2v) is 6.86. The van der Waals surface area contributed by atoms with E-state index in [1.54, 1.807) is 0 Å². The van der Waals surface area contributed by atoms with Crippen LogP contribution in [-0.2, 0) is 4.79 Å². The lowest BCUT2D eigenvalue weighted by Gasteiger charge is -2.38. The van der Waals surface area contributed by atoms with Crippen LogP contribution in [0.15, 0.2) is 0 Å². The molecule has 0 aromatic heterocycles. The molecule has 1 atom stereocenters. The molecule has 5 heteroatoms. The Balaban J connectivity index is 0.00000128. The lowest BCUT2D eigenvalue weighted by molar-refractivity contribution is -0.135. The van der Waals surface area contributed by atoms with Crippen molar-refractivity contribution in [2.24, 2.45) is 5.92 Å². The number of rotatable bonds is 1. The van der Waals surface area contributed by atoms with E-state index in [9.17, 15) is 4.79 Å². The van der Waals surface area contributed by atoms with Crippen LogP contribution in [0, 0.1) is 5.92 Å². The van der Waals surface area contributed by atoms with E-state index in [0.29, 0.717) is 5.91 Å². The molecule has 2 rings (SSSR count). The molecule has 2 aliphatic rings. The Morgan fingerprint density at radius 1 is 1.50 bits per heavy atom. The van der Waals surface area contributed by atoms with Gasteiger partial charge in [-0.2, -0.15) is 11.8 Å². The first-order valence-electron chi connectivity index (χ1n) is 5.72. The van der Waals surface area contributed by atoms with E-state index >= 15 is 0 Å². The zero-order chi connectivity index (χ0) is 10.9. The standard InChI is InChI=1S/C11H20N2OS.ClH/c1-11(2)8-13(5-6-15-11)10(14)9-3-4-12-7-9;/h9,12H,3-8H2,1-2H3;1H/t9-;/m0./s1. The Morgan fingerprint density at radius 2 is 2.25 bits per heavy atom. The molecule has 2 aliphatic heterocycles. The van der Waals surface area contributed by atoms with Crippen molar-refractivity contribution in [3.63, 3.8) is 0 Å². The summed E-state index contributed by atoms with van der Waals surface area (Å²) in [5.41, 5.74) is 0. The van der Waals surface area contributed by atoms with Gasteiger partial charge in [-0.05, 0) is 26.8 Å². The number of halogens is 1. The molecule has 94 valence electrons. The summed E-state index contributed by atoms with van der Waals surface area (Å²) in [4.78, 5) is 14.2. The van der Waals surface area contributed by atoms with Crippen molar-refractivity contribution in [1.82, 2.24) is 10.2 Å². The predicted octanol–water partition coefficient (Wildman–Crippen LogP) is 1.37. The summed E-state index contributed by atoms with van der Waals surface area (Å²) in [5, 5.41) is 3.26. The van der Waals surface area contributed by atoms with E-state index in [-0.39, 0.29) is 23.1 Å². The monoisotopic (exact) mass is 264 g/mol. The second-order valence-electron chi connectivity index (χ2n) is 5.06. The topological polar surface area (TPSA) is 32.3 Å². The fourth-order valence-corrected chi connectivity index (χ4v) is 3.44. The van der Waals surface area contributed by atoms with E-state index in [4.69, 9.17) is 0 Å². The van der Waals surface area contributed by atoms with Crippen LogP contribution in [-0.4, -0.2) is 47.5 Å². The molecule has 3 nitrogen and oxygen atoms in total. The van der Waals surface area contributed by atoms with Gasteiger partial charge in [0.1, 0.15) is 0 Å². The largest absolute Gasteiger partial charge is 0.340 e. The normalized spacial score (nSPS) is 28.6. The van der Waals surface area contributed by atoms with Gasteiger partial charge in [0.25, 0.3) is 0 Å². The van der Waals surface area contributed by atoms with Crippen LogP contribution in [0.25, 0.3) is 0 Å². The molecular formula is C11H21ClN2OS. The molecule has 0 aliphatic carbocycles. The van der Waals surface area contributed by atoms with Crippen LogP contribution in [0.2, 0.25) is 0 Å². The lowest BCUT2D eigenvalue weighted by Crippen LogP contribution is -2.48. The maximum atomic E-state index is 12.2. The quantitative estimate of drug-likeness (QED) is 0.777. The highest BCUT2D eigenvalue weighted by atomic mass is 35.5. The number of nitrogens with zero attached hydrogens (tertiary/aromatic N) is 1. The molecule has 0 saturated carbocycles. The van der Waals surface area contributed by atoms with Crippen molar-refractivity contribution in [3.05, 3.63) is 0 Å². The summed E-state index contributed by atoms with van der Waals surface area (Å²) >= 11 is 1.97. The highest BCUT2D eigenvalue weighted by Gasteiger charge is 2.33. The number of carbonyl (C=O) groups is 1. The Morgan fingerprint density at radius 3 is 2.81 bits per heavy atom. The van der Waals surface area contributed by atoms with Gasteiger partial charge in [-0.25, -0.2) is 0 Å². The van der Waals surface area contributed by atoms with E-state index in [1.807, 2.05) is 11.8 Å². The summed E-state index contributed by atoms with van der Waals surface area (Å²) in [7, 11) is 0. The average Bonchev–Trinajstić information content (AvgIpc) is 2.67. The fraction of sp³-hybridized carbons (Fsp3) is 0.909. The van der Waals surface area contributed by atoms with Crippen molar-refractivity contribution in [1.29, 1.82) is 0 Å². The first-order valence-corrected chi connectivity index (χ1v) is 6.70. The molecule has 0 aromatic rings. The highest BCUT2D eigenvalue weighted by molar-refractivity contribution is 8.00. The SMILES string of the molecule is CC1(C)CN(C(=O)[C@H]2CCNC2)CCS1.Cl. The van der Waals surface area contributed by atoms with E-state index in [0.717, 1.165) is 38.4 Å². The third-order valence-corrected chi connectivity index (χ3v) is 4.44. The predicted molar refractivity (Wildman–Crippen MR) is 71.3 cm³/mol. The van der Waals surface area contributed by atoms with Gasteiger partial charge < -0.3 is 10.2 Å². The van der Waals surface area contributed by atoms with Crippen LogP contribution in [0.1, 0.15) is 20.3 Å². The van der Waals surface area contributed by atoms with Gasteiger partial charge in [0.2, 0.25) is 5.91 Å². The van der Waals surface area contributed by atoms with Crippen molar-refractivity contribution in [2.45, 2.75) is 25.0 Å². The number of carbonyl (C=O) groups excluding carboxylic acids is 1. The van der Waals surface area contributed by atoms with Gasteiger partial charge in [-0.15, -0.1) is 12.4 Å². The second kappa shape index (κ2) is 5.61. The zero-order valence-electron chi connectivity index (χ0n) is 9.99. The number of nitrogens with one attached hydrogen (secondary N) is 1. The molecule has 16 heavy (non-hydrogen) atoms. The Bertz CT molecular complexity index is 254. The maximum Gasteiger partial charge on any atom is 0.227 e. The maximum absolute atomic E-state index is 12.2. The van der Waals surface area contributed by atoms with Gasteiger partial charge in [-0.3, -0.25) is 4.79 Å². The molecule has 2 saturated heterocycles.